The Morgan fingerprint density at radius 1 is 0.905 bits per heavy atom. The van der Waals surface area contributed by atoms with Crippen LogP contribution in [-0.2, 0) is 54.3 Å². The molecule has 2 aliphatic rings. The number of imide groups is 1. The summed E-state index contributed by atoms with van der Waals surface area (Å²) < 4.78 is 11.9. The number of likely N-dealkylation sites (tertiary alicyclic amines) is 2. The van der Waals surface area contributed by atoms with E-state index in [1.807, 2.05) is 33.8 Å². The number of carboxylic acids is 1. The number of nitrogens with zero attached hydrogens (tertiary/aromatic N) is 4. The smallest absolute Gasteiger partial charge is 0.326 e. The van der Waals surface area contributed by atoms with Crippen LogP contribution in [-0.4, -0.2) is 150 Å². The number of Topliss-reactive ketones (excluding diaryl/α,β-unsaturated/α-hetero) is 1. The molecule has 0 saturated carbocycles. The third-order valence-electron chi connectivity index (χ3n) is 13.2. The Hall–Kier alpha value is -4.70. The van der Waals surface area contributed by atoms with Gasteiger partial charge >= 0.3 is 5.97 Å². The molecule has 2 N–H and O–H groups in total. The number of nitrogens with one attached hydrogen (secondary N) is 1. The lowest BCUT2D eigenvalue weighted by molar-refractivity contribution is -0.150. The standard InChI is InChI=1S/C47H73N5O11/c1-13-29(6)42(50(10)46(59)33(27(2)3)24-36(53)41(28(4)5)49(9)40(56)26-52-38(54)22-30(7)45(52)58)37(62-11)25-39(55)51-21-17-20-35(51)43(63-12)31(8)44(57)48-34(47(60)61)23-32-18-15-14-16-19-32/h14-16,18-19,27-31,33-35,37,41-43H,13,17,20-26H2,1-12H3,(H,48,57)(H,60,61)/t29-,30?,31+,33-,34-,35-,37+,41-,42-,43+/m0/s1. The van der Waals surface area contributed by atoms with Crippen molar-refractivity contribution in [3.63, 3.8) is 0 Å². The quantitative estimate of drug-likeness (QED) is 0.143. The van der Waals surface area contributed by atoms with Crippen molar-refractivity contribution >= 4 is 47.2 Å². The number of carbonyl (C=O) groups is 8. The van der Waals surface area contributed by atoms with Gasteiger partial charge < -0.3 is 34.6 Å². The molecule has 1 aromatic rings. The lowest BCUT2D eigenvalue weighted by atomic mass is 9.83. The van der Waals surface area contributed by atoms with Crippen molar-refractivity contribution in [2.24, 2.45) is 35.5 Å². The minimum Gasteiger partial charge on any atom is -0.480 e. The van der Waals surface area contributed by atoms with E-state index in [1.54, 1.807) is 68.8 Å². The molecule has 2 aliphatic heterocycles. The first-order chi connectivity index (χ1) is 29.6. The first-order valence-electron chi connectivity index (χ1n) is 22.4. The van der Waals surface area contributed by atoms with Crippen molar-refractivity contribution in [1.82, 2.24) is 24.9 Å². The molecule has 0 aromatic heterocycles. The topological polar surface area (TPSA) is 200 Å². The van der Waals surface area contributed by atoms with Crippen LogP contribution < -0.4 is 5.32 Å². The fourth-order valence-corrected chi connectivity index (χ4v) is 9.32. The molecule has 0 spiro atoms. The Balaban J connectivity index is 1.78. The molecule has 352 valence electrons. The van der Waals surface area contributed by atoms with Crippen molar-refractivity contribution in [1.29, 1.82) is 0 Å². The maximum absolute atomic E-state index is 14.6. The highest BCUT2D eigenvalue weighted by atomic mass is 16.5. The van der Waals surface area contributed by atoms with Crippen LogP contribution in [0.1, 0.15) is 99.5 Å². The monoisotopic (exact) mass is 884 g/mol. The molecule has 2 saturated heterocycles. The van der Waals surface area contributed by atoms with Gasteiger partial charge in [0.15, 0.2) is 5.78 Å². The first-order valence-corrected chi connectivity index (χ1v) is 22.4. The number of likely N-dealkylation sites (N-methyl/N-ethyl adjacent to an activating group) is 2. The van der Waals surface area contributed by atoms with Gasteiger partial charge in [-0.25, -0.2) is 4.79 Å². The number of carbonyl (C=O) groups excluding carboxylic acids is 7. The Labute approximate surface area is 373 Å². The third kappa shape index (κ3) is 13.2. The van der Waals surface area contributed by atoms with Gasteiger partial charge in [-0.2, -0.15) is 0 Å². The molecule has 16 nitrogen and oxygen atoms in total. The minimum atomic E-state index is -1.16. The second kappa shape index (κ2) is 23.8. The SMILES string of the molecule is CC[C@H](C)[C@@H]([C@@H](CC(=O)N1CCC[C@H]1[C@H](OC)[C@@H](C)C(=O)N[C@@H](Cc1ccccc1)C(=O)O)OC)N(C)C(=O)[C@@H](CC(=O)[C@H](C(C)C)N(C)C(=O)CN1C(=O)CC(C)C1=O)C(C)C. The van der Waals surface area contributed by atoms with Gasteiger partial charge in [-0.05, 0) is 36.2 Å². The molecule has 0 radical (unpaired) electrons. The summed E-state index contributed by atoms with van der Waals surface area (Å²) in [5.41, 5.74) is 0.761. The van der Waals surface area contributed by atoms with Crippen LogP contribution >= 0.6 is 0 Å². The lowest BCUT2D eigenvalue weighted by Gasteiger charge is -2.41. The Bertz CT molecular complexity index is 1770. The molecule has 2 fully saturated rings. The molecular weight excluding hydrogens is 811 g/mol. The van der Waals surface area contributed by atoms with E-state index in [1.165, 1.54) is 26.2 Å². The van der Waals surface area contributed by atoms with E-state index in [-0.39, 0.29) is 61.0 Å². The average Bonchev–Trinajstić information content (AvgIpc) is 3.81. The van der Waals surface area contributed by atoms with Gasteiger partial charge in [0, 0.05) is 66.0 Å². The highest BCUT2D eigenvalue weighted by Crippen LogP contribution is 2.31. The lowest BCUT2D eigenvalue weighted by Crippen LogP contribution is -2.55. The molecule has 2 heterocycles. The van der Waals surface area contributed by atoms with Gasteiger partial charge in [0.25, 0.3) is 0 Å². The fraction of sp³-hybridized carbons (Fsp3) is 0.702. The number of carboxylic acid groups (broad SMARTS) is 1. The molecule has 1 unspecified atom stereocenters. The second-order valence-electron chi connectivity index (χ2n) is 18.3. The highest BCUT2D eigenvalue weighted by molar-refractivity contribution is 6.06. The predicted octanol–water partition coefficient (Wildman–Crippen LogP) is 3.83. The Morgan fingerprint density at radius 3 is 2.05 bits per heavy atom. The second-order valence-corrected chi connectivity index (χ2v) is 18.3. The Morgan fingerprint density at radius 2 is 1.54 bits per heavy atom. The summed E-state index contributed by atoms with van der Waals surface area (Å²) in [6, 6.07) is 5.90. The maximum atomic E-state index is 14.6. The number of amides is 6. The van der Waals surface area contributed by atoms with Gasteiger partial charge in [-0.1, -0.05) is 92.1 Å². The van der Waals surface area contributed by atoms with Crippen LogP contribution in [0.2, 0.25) is 0 Å². The van der Waals surface area contributed by atoms with Crippen molar-refractivity contribution in [3.8, 4) is 0 Å². The number of ether oxygens (including phenoxy) is 2. The predicted molar refractivity (Wildman–Crippen MR) is 236 cm³/mol. The summed E-state index contributed by atoms with van der Waals surface area (Å²) in [6.07, 6.45) is 0.290. The van der Waals surface area contributed by atoms with Gasteiger partial charge in [-0.3, -0.25) is 38.5 Å². The molecule has 10 atom stereocenters. The van der Waals surface area contributed by atoms with Crippen molar-refractivity contribution in [3.05, 3.63) is 35.9 Å². The molecule has 1 aromatic carbocycles. The minimum absolute atomic E-state index is 0.0321. The van der Waals surface area contributed by atoms with Gasteiger partial charge in [0.05, 0.1) is 42.7 Å². The number of benzene rings is 1. The zero-order valence-electron chi connectivity index (χ0n) is 39.5. The highest BCUT2D eigenvalue weighted by Gasteiger charge is 2.44. The molecule has 0 aliphatic carbocycles. The number of aliphatic carboxylic acids is 1. The van der Waals surface area contributed by atoms with E-state index in [0.717, 1.165) is 10.5 Å². The number of hydrogen-bond donors (Lipinski definition) is 2. The van der Waals surface area contributed by atoms with E-state index >= 15 is 0 Å². The number of hydrogen-bond acceptors (Lipinski definition) is 10. The van der Waals surface area contributed by atoms with Crippen LogP contribution in [0.4, 0.5) is 0 Å². The van der Waals surface area contributed by atoms with Crippen LogP contribution in [0, 0.1) is 35.5 Å². The summed E-state index contributed by atoms with van der Waals surface area (Å²) >= 11 is 0. The van der Waals surface area contributed by atoms with Gasteiger partial charge in [-0.15, -0.1) is 0 Å². The molecular formula is C47H73N5O11. The summed E-state index contributed by atoms with van der Waals surface area (Å²) in [4.78, 5) is 113. The van der Waals surface area contributed by atoms with E-state index < -0.39 is 90.3 Å². The van der Waals surface area contributed by atoms with Gasteiger partial charge in [0.2, 0.25) is 35.4 Å². The summed E-state index contributed by atoms with van der Waals surface area (Å²) in [6.45, 7) is 14.5. The maximum Gasteiger partial charge on any atom is 0.326 e. The van der Waals surface area contributed by atoms with Crippen LogP contribution in [0.5, 0.6) is 0 Å². The van der Waals surface area contributed by atoms with Crippen molar-refractivity contribution in [2.45, 2.75) is 137 Å². The largest absolute Gasteiger partial charge is 0.480 e. The van der Waals surface area contributed by atoms with E-state index in [2.05, 4.69) is 5.32 Å². The molecule has 6 amide bonds. The van der Waals surface area contributed by atoms with Crippen molar-refractivity contribution < 1.29 is 52.9 Å². The van der Waals surface area contributed by atoms with Crippen LogP contribution in [0.15, 0.2) is 30.3 Å². The van der Waals surface area contributed by atoms with Crippen LogP contribution in [0.3, 0.4) is 0 Å². The zero-order chi connectivity index (χ0) is 47.5. The zero-order valence-corrected chi connectivity index (χ0v) is 39.5. The Kier molecular flexibility index (Phi) is 19.9. The molecule has 3 rings (SSSR count). The van der Waals surface area contributed by atoms with E-state index in [4.69, 9.17) is 9.47 Å². The average molecular weight is 884 g/mol. The summed E-state index contributed by atoms with van der Waals surface area (Å²) in [5, 5.41) is 12.6. The molecule has 0 bridgehead atoms. The normalized spacial score (nSPS) is 20.5. The third-order valence-corrected chi connectivity index (χ3v) is 13.2. The van der Waals surface area contributed by atoms with Crippen LogP contribution in [0.25, 0.3) is 0 Å². The van der Waals surface area contributed by atoms with Gasteiger partial charge in [0.1, 0.15) is 12.6 Å². The van der Waals surface area contributed by atoms with Crippen molar-refractivity contribution in [2.75, 3.05) is 41.4 Å². The summed E-state index contributed by atoms with van der Waals surface area (Å²) in [7, 11) is 6.12. The first kappa shape index (κ1) is 52.6. The molecule has 63 heavy (non-hydrogen) atoms. The van der Waals surface area contributed by atoms with E-state index in [0.29, 0.717) is 25.8 Å². The molecule has 16 heteroatoms. The summed E-state index contributed by atoms with van der Waals surface area (Å²) in [5.74, 6) is -6.76. The van der Waals surface area contributed by atoms with E-state index in [9.17, 15) is 43.5 Å². The number of ketones is 1. The fourth-order valence-electron chi connectivity index (χ4n) is 9.32. The number of rotatable bonds is 24. The number of methoxy groups -OCH3 is 2.